The van der Waals surface area contributed by atoms with Crippen molar-refractivity contribution in [2.75, 3.05) is 0 Å². The van der Waals surface area contributed by atoms with E-state index in [9.17, 15) is 9.90 Å². The smallest absolute Gasteiger partial charge is 0.338 e. The van der Waals surface area contributed by atoms with Gasteiger partial charge in [-0.05, 0) is 54.7 Å². The van der Waals surface area contributed by atoms with E-state index < -0.39 is 0 Å². The number of unbranched alkanes of at least 4 members (excludes halogenated alkanes) is 3. The highest BCUT2D eigenvalue weighted by atomic mass is 16.5. The van der Waals surface area contributed by atoms with Gasteiger partial charge >= 0.3 is 5.97 Å². The van der Waals surface area contributed by atoms with E-state index in [1.54, 1.807) is 24.3 Å². The van der Waals surface area contributed by atoms with Gasteiger partial charge in [0.1, 0.15) is 11.9 Å². The van der Waals surface area contributed by atoms with Crippen LogP contribution in [-0.4, -0.2) is 17.2 Å². The fraction of sp³-hybridized carbons (Fsp3) is 0.409. The maximum atomic E-state index is 12.3. The van der Waals surface area contributed by atoms with E-state index >= 15 is 0 Å². The summed E-state index contributed by atoms with van der Waals surface area (Å²) < 4.78 is 5.66. The molecule has 25 heavy (non-hydrogen) atoms. The molecule has 0 amide bonds. The predicted molar refractivity (Wildman–Crippen MR) is 102 cm³/mol. The van der Waals surface area contributed by atoms with Crippen molar-refractivity contribution in [1.82, 2.24) is 0 Å². The number of carbonyl (C=O) groups excluding carboxylic acids is 1. The van der Waals surface area contributed by atoms with Crippen molar-refractivity contribution >= 4 is 5.97 Å². The number of carbonyl (C=O) groups is 1. The van der Waals surface area contributed by atoms with Crippen LogP contribution in [0.3, 0.4) is 0 Å². The van der Waals surface area contributed by atoms with Crippen molar-refractivity contribution in [2.24, 2.45) is 0 Å². The molecule has 0 aromatic heterocycles. The minimum atomic E-state index is -0.250. The third kappa shape index (κ3) is 5.93. The molecule has 0 saturated heterocycles. The van der Waals surface area contributed by atoms with Crippen LogP contribution < -0.4 is 0 Å². The van der Waals surface area contributed by atoms with Gasteiger partial charge in [0.05, 0.1) is 5.56 Å². The van der Waals surface area contributed by atoms with Crippen molar-refractivity contribution < 1.29 is 14.6 Å². The molecule has 2 rings (SSSR count). The highest BCUT2D eigenvalue weighted by molar-refractivity contribution is 5.90. The summed E-state index contributed by atoms with van der Waals surface area (Å²) in [5, 5.41) is 9.36. The number of hydrogen-bond acceptors (Lipinski definition) is 3. The molecular weight excluding hydrogens is 312 g/mol. The van der Waals surface area contributed by atoms with Crippen LogP contribution in [0.5, 0.6) is 5.75 Å². The van der Waals surface area contributed by atoms with Gasteiger partial charge in [-0.2, -0.15) is 0 Å². The first-order chi connectivity index (χ1) is 12.1. The number of phenolic OH excluding ortho intramolecular Hbond substituents is 1. The highest BCUT2D eigenvalue weighted by Gasteiger charge is 2.14. The Morgan fingerprint density at radius 1 is 0.920 bits per heavy atom. The van der Waals surface area contributed by atoms with Crippen molar-refractivity contribution in [2.45, 2.75) is 58.5 Å². The van der Waals surface area contributed by atoms with Gasteiger partial charge in [-0.1, -0.05) is 57.4 Å². The first-order valence-corrected chi connectivity index (χ1v) is 9.24. The van der Waals surface area contributed by atoms with Crippen LogP contribution in [0.4, 0.5) is 0 Å². The fourth-order valence-electron chi connectivity index (χ4n) is 2.82. The van der Waals surface area contributed by atoms with Crippen molar-refractivity contribution in [3.05, 3.63) is 54.1 Å². The molecule has 0 aliphatic heterocycles. The van der Waals surface area contributed by atoms with E-state index in [0.717, 1.165) is 30.4 Å². The van der Waals surface area contributed by atoms with E-state index in [0.29, 0.717) is 5.56 Å². The molecule has 1 unspecified atom stereocenters. The summed E-state index contributed by atoms with van der Waals surface area (Å²) in [5.41, 5.74) is 2.58. The molecule has 1 atom stereocenters. The highest BCUT2D eigenvalue weighted by Crippen LogP contribution is 2.23. The molecule has 0 heterocycles. The maximum Gasteiger partial charge on any atom is 0.338 e. The zero-order valence-corrected chi connectivity index (χ0v) is 15.2. The molecule has 0 spiro atoms. The normalized spacial score (nSPS) is 11.9. The Kier molecular flexibility index (Phi) is 7.52. The summed E-state index contributed by atoms with van der Waals surface area (Å²) in [5.74, 6) is -0.00640. The second-order valence-corrected chi connectivity index (χ2v) is 6.41. The third-order valence-electron chi connectivity index (χ3n) is 4.43. The van der Waals surface area contributed by atoms with Crippen LogP contribution in [0.15, 0.2) is 48.5 Å². The summed E-state index contributed by atoms with van der Waals surface area (Å²) in [4.78, 5) is 12.3. The summed E-state index contributed by atoms with van der Waals surface area (Å²) >= 11 is 0. The average Bonchev–Trinajstić information content (AvgIpc) is 2.65. The first-order valence-electron chi connectivity index (χ1n) is 9.24. The van der Waals surface area contributed by atoms with Crippen molar-refractivity contribution in [3.8, 4) is 16.9 Å². The van der Waals surface area contributed by atoms with Crippen LogP contribution in [0.1, 0.15) is 62.7 Å². The van der Waals surface area contributed by atoms with E-state index in [4.69, 9.17) is 4.74 Å². The van der Waals surface area contributed by atoms with Gasteiger partial charge in [0, 0.05) is 0 Å². The number of aromatic hydroxyl groups is 1. The third-order valence-corrected chi connectivity index (χ3v) is 4.43. The number of hydrogen-bond donors (Lipinski definition) is 1. The van der Waals surface area contributed by atoms with Crippen LogP contribution >= 0.6 is 0 Å². The van der Waals surface area contributed by atoms with Crippen molar-refractivity contribution in [3.63, 3.8) is 0 Å². The standard InChI is InChI=1S/C22H28O3/c1-3-5-6-7-8-21(4-2)25-22(24)19-11-9-17(10-12-19)18-13-15-20(23)16-14-18/h9-16,21,23H,3-8H2,1-2H3. The van der Waals surface area contributed by atoms with E-state index in [1.807, 2.05) is 24.3 Å². The molecule has 2 aromatic rings. The molecule has 0 aliphatic carbocycles. The predicted octanol–water partition coefficient (Wildman–Crippen LogP) is 5.97. The summed E-state index contributed by atoms with van der Waals surface area (Å²) in [6.07, 6.45) is 6.55. The van der Waals surface area contributed by atoms with Gasteiger partial charge in [0.2, 0.25) is 0 Å². The SMILES string of the molecule is CCCCCCC(CC)OC(=O)c1ccc(-c2ccc(O)cc2)cc1. The second-order valence-electron chi connectivity index (χ2n) is 6.41. The largest absolute Gasteiger partial charge is 0.508 e. The zero-order valence-electron chi connectivity index (χ0n) is 15.2. The van der Waals surface area contributed by atoms with Crippen molar-refractivity contribution in [1.29, 1.82) is 0 Å². The minimum absolute atomic E-state index is 0.00105. The summed E-state index contributed by atoms with van der Waals surface area (Å²) in [7, 11) is 0. The Bertz CT molecular complexity index is 644. The van der Waals surface area contributed by atoms with Gasteiger partial charge in [0.15, 0.2) is 0 Å². The quantitative estimate of drug-likeness (QED) is 0.452. The average molecular weight is 340 g/mol. The van der Waals surface area contributed by atoms with Gasteiger partial charge in [-0.25, -0.2) is 4.79 Å². The molecule has 0 fully saturated rings. The van der Waals surface area contributed by atoms with Gasteiger partial charge in [-0.3, -0.25) is 0 Å². The second kappa shape index (κ2) is 9.87. The number of ether oxygens (including phenoxy) is 1. The molecule has 0 radical (unpaired) electrons. The molecule has 1 N–H and O–H groups in total. The van der Waals surface area contributed by atoms with Crippen LogP contribution in [0.2, 0.25) is 0 Å². The number of rotatable bonds is 9. The molecule has 0 aliphatic rings. The monoisotopic (exact) mass is 340 g/mol. The van der Waals surface area contributed by atoms with Crippen LogP contribution in [0, 0.1) is 0 Å². The lowest BCUT2D eigenvalue weighted by Gasteiger charge is -2.16. The van der Waals surface area contributed by atoms with Gasteiger partial charge < -0.3 is 9.84 Å². The Morgan fingerprint density at radius 3 is 2.08 bits per heavy atom. The lowest BCUT2D eigenvalue weighted by Crippen LogP contribution is -2.17. The summed E-state index contributed by atoms with van der Waals surface area (Å²) in [6, 6.07) is 14.4. The molecule has 2 aromatic carbocycles. The Balaban J connectivity index is 1.93. The zero-order chi connectivity index (χ0) is 18.1. The Morgan fingerprint density at radius 2 is 1.52 bits per heavy atom. The number of benzene rings is 2. The molecule has 3 nitrogen and oxygen atoms in total. The number of phenols is 1. The number of esters is 1. The van der Waals surface area contributed by atoms with Gasteiger partial charge in [0.25, 0.3) is 0 Å². The lowest BCUT2D eigenvalue weighted by molar-refractivity contribution is 0.0267. The molecule has 3 heteroatoms. The molecule has 0 bridgehead atoms. The summed E-state index contributed by atoms with van der Waals surface area (Å²) in [6.45, 7) is 4.25. The minimum Gasteiger partial charge on any atom is -0.508 e. The van der Waals surface area contributed by atoms with E-state index in [-0.39, 0.29) is 17.8 Å². The molecule has 134 valence electrons. The van der Waals surface area contributed by atoms with Crippen LogP contribution in [-0.2, 0) is 4.74 Å². The maximum absolute atomic E-state index is 12.3. The van der Waals surface area contributed by atoms with Crippen LogP contribution in [0.25, 0.3) is 11.1 Å². The van der Waals surface area contributed by atoms with Gasteiger partial charge in [-0.15, -0.1) is 0 Å². The molecule has 0 saturated carbocycles. The molecular formula is C22H28O3. The fourth-order valence-corrected chi connectivity index (χ4v) is 2.82. The Hall–Kier alpha value is -2.29. The van der Waals surface area contributed by atoms with E-state index in [1.165, 1.54) is 19.3 Å². The Labute approximate surface area is 150 Å². The van der Waals surface area contributed by atoms with E-state index in [2.05, 4.69) is 13.8 Å². The lowest BCUT2D eigenvalue weighted by atomic mass is 10.0. The topological polar surface area (TPSA) is 46.5 Å². The first kappa shape index (κ1) is 19.0.